The molecule has 1 N–H and O–H groups in total. The maximum Gasteiger partial charge on any atom is 0.117 e. The Balaban J connectivity index is 1.93. The molecule has 0 saturated heterocycles. The van der Waals surface area contributed by atoms with Crippen LogP contribution in [0, 0.1) is 0 Å². The highest BCUT2D eigenvalue weighted by Gasteiger charge is 2.23. The Morgan fingerprint density at radius 2 is 1.33 bits per heavy atom. The van der Waals surface area contributed by atoms with Crippen LogP contribution in [-0.2, 0) is 12.1 Å². The number of rotatable bonds is 8. The normalized spacial score (nSPS) is 12.6. The summed E-state index contributed by atoms with van der Waals surface area (Å²) in [4.78, 5) is 0. The van der Waals surface area contributed by atoms with Gasteiger partial charge in [-0.05, 0) is 34.3 Å². The lowest BCUT2D eigenvalue weighted by atomic mass is 10.1. The summed E-state index contributed by atoms with van der Waals surface area (Å²) in [6.45, 7) is 15.0. The molecular formula is C21H29NSi2. The van der Waals surface area contributed by atoms with Crippen molar-refractivity contribution in [1.82, 2.24) is 4.65 Å². The molecule has 2 aromatic carbocycles. The van der Waals surface area contributed by atoms with Gasteiger partial charge in [-0.1, -0.05) is 93.5 Å². The summed E-state index contributed by atoms with van der Waals surface area (Å²) >= 11 is 0. The van der Waals surface area contributed by atoms with E-state index in [-0.39, 0.29) is 0 Å². The molecule has 0 heterocycles. The van der Waals surface area contributed by atoms with E-state index in [0.717, 1.165) is 0 Å². The number of hydrogen-bond acceptors (Lipinski definition) is 1. The Labute approximate surface area is 149 Å². The van der Waals surface area contributed by atoms with Crippen LogP contribution < -0.4 is 4.65 Å². The lowest BCUT2D eigenvalue weighted by molar-refractivity contribution is 1.18. The van der Waals surface area contributed by atoms with Crippen LogP contribution in [0.15, 0.2) is 61.7 Å². The molecule has 1 unspecified atom stereocenters. The van der Waals surface area contributed by atoms with Crippen LogP contribution >= 0.6 is 0 Å². The third-order valence-corrected chi connectivity index (χ3v) is 11.7. The molecule has 0 saturated carbocycles. The van der Waals surface area contributed by atoms with Gasteiger partial charge in [0.25, 0.3) is 0 Å². The largest absolute Gasteiger partial charge is 0.361 e. The summed E-state index contributed by atoms with van der Waals surface area (Å²) in [5.41, 5.74) is 5.25. The second-order valence-electron chi connectivity index (χ2n) is 7.20. The van der Waals surface area contributed by atoms with Crippen molar-refractivity contribution < 1.29 is 0 Å². The van der Waals surface area contributed by atoms with Gasteiger partial charge < -0.3 is 4.65 Å². The van der Waals surface area contributed by atoms with E-state index in [2.05, 4.69) is 86.0 Å². The minimum Gasteiger partial charge on any atom is -0.361 e. The van der Waals surface area contributed by atoms with E-state index in [1.165, 1.54) is 34.3 Å². The molecule has 0 aromatic heterocycles. The summed E-state index contributed by atoms with van der Waals surface area (Å²) in [5, 5.41) is 0. The monoisotopic (exact) mass is 351 g/mol. The Bertz CT molecular complexity index is 672. The van der Waals surface area contributed by atoms with Gasteiger partial charge in [0.15, 0.2) is 0 Å². The van der Waals surface area contributed by atoms with E-state index in [9.17, 15) is 0 Å². The van der Waals surface area contributed by atoms with E-state index in [0.29, 0.717) is 0 Å². The smallest absolute Gasteiger partial charge is 0.117 e. The third-order valence-electron chi connectivity index (χ3n) is 4.26. The van der Waals surface area contributed by atoms with Crippen LogP contribution in [0.5, 0.6) is 0 Å². The minimum atomic E-state index is -1.44. The molecule has 24 heavy (non-hydrogen) atoms. The van der Waals surface area contributed by atoms with Gasteiger partial charge in [0, 0.05) is 0 Å². The van der Waals surface area contributed by atoms with Crippen LogP contribution in [0.25, 0.3) is 12.2 Å². The molecule has 2 rings (SSSR count). The summed E-state index contributed by atoms with van der Waals surface area (Å²) in [7, 11) is -2.40. The van der Waals surface area contributed by atoms with Crippen LogP contribution in [0.4, 0.5) is 0 Å². The predicted octanol–water partition coefficient (Wildman–Crippen LogP) is 4.98. The van der Waals surface area contributed by atoms with E-state index in [1.807, 2.05) is 12.2 Å². The molecule has 0 aliphatic heterocycles. The fraction of sp³-hybridized carbons (Fsp3) is 0.238. The summed E-state index contributed by atoms with van der Waals surface area (Å²) in [6.07, 6.45) is 3.80. The molecule has 0 aliphatic carbocycles. The van der Waals surface area contributed by atoms with Gasteiger partial charge >= 0.3 is 0 Å². The Morgan fingerprint density at radius 1 is 0.875 bits per heavy atom. The first-order valence-electron chi connectivity index (χ1n) is 8.62. The first-order chi connectivity index (χ1) is 11.4. The molecular weight excluding hydrogens is 322 g/mol. The zero-order valence-corrected chi connectivity index (χ0v) is 17.3. The molecule has 0 radical (unpaired) electrons. The number of benzene rings is 2. The molecule has 1 nitrogen and oxygen atoms in total. The zero-order chi connectivity index (χ0) is 17.6. The fourth-order valence-electron chi connectivity index (χ4n) is 3.19. The average Bonchev–Trinajstić information content (AvgIpc) is 2.55. The minimum absolute atomic E-state index is 0.966. The molecule has 126 valence electrons. The Kier molecular flexibility index (Phi) is 6.55. The lowest BCUT2D eigenvalue weighted by Crippen LogP contribution is -2.54. The van der Waals surface area contributed by atoms with Crippen molar-refractivity contribution in [3.8, 4) is 0 Å². The van der Waals surface area contributed by atoms with E-state index in [4.69, 9.17) is 0 Å². The van der Waals surface area contributed by atoms with Crippen molar-refractivity contribution in [3.05, 3.63) is 83.9 Å². The summed E-state index contributed by atoms with van der Waals surface area (Å²) in [6, 6.07) is 20.0. The predicted molar refractivity (Wildman–Crippen MR) is 114 cm³/mol. The van der Waals surface area contributed by atoms with Gasteiger partial charge in [-0.2, -0.15) is 0 Å². The summed E-state index contributed by atoms with van der Waals surface area (Å²) in [5.74, 6) is 0. The topological polar surface area (TPSA) is 12.0 Å². The zero-order valence-electron chi connectivity index (χ0n) is 15.2. The lowest BCUT2D eigenvalue weighted by Gasteiger charge is -2.28. The van der Waals surface area contributed by atoms with E-state index >= 15 is 0 Å². The molecule has 2 aromatic rings. The van der Waals surface area contributed by atoms with Crippen molar-refractivity contribution in [1.29, 1.82) is 0 Å². The van der Waals surface area contributed by atoms with Gasteiger partial charge in [0.2, 0.25) is 0 Å². The van der Waals surface area contributed by atoms with Crippen LogP contribution in [0.1, 0.15) is 22.3 Å². The van der Waals surface area contributed by atoms with Crippen molar-refractivity contribution in [3.63, 3.8) is 0 Å². The highest BCUT2D eigenvalue weighted by Crippen LogP contribution is 2.13. The fourth-order valence-corrected chi connectivity index (χ4v) is 11.6. The van der Waals surface area contributed by atoms with Crippen LogP contribution in [0.3, 0.4) is 0 Å². The maximum absolute atomic E-state index is 4.05. The van der Waals surface area contributed by atoms with Crippen molar-refractivity contribution >= 4 is 29.3 Å². The molecule has 0 aliphatic rings. The first-order valence-corrected chi connectivity index (χ1v) is 14.4. The SMILES string of the molecule is C=Cc1ccc(C[SiH](C)N[Si](C)(C)Cc2ccc(C=C)cc2)cc1. The van der Waals surface area contributed by atoms with Crippen LogP contribution in [-0.4, -0.2) is 17.2 Å². The van der Waals surface area contributed by atoms with Crippen LogP contribution in [0.2, 0.25) is 19.6 Å². The highest BCUT2D eigenvalue weighted by molar-refractivity contribution is 6.83. The molecule has 0 fully saturated rings. The average molecular weight is 352 g/mol. The van der Waals surface area contributed by atoms with E-state index < -0.39 is 17.2 Å². The Morgan fingerprint density at radius 3 is 1.79 bits per heavy atom. The van der Waals surface area contributed by atoms with Gasteiger partial charge in [-0.25, -0.2) is 0 Å². The van der Waals surface area contributed by atoms with Gasteiger partial charge in [-0.15, -0.1) is 0 Å². The second kappa shape index (κ2) is 8.42. The van der Waals surface area contributed by atoms with Gasteiger partial charge in [-0.3, -0.25) is 0 Å². The summed E-state index contributed by atoms with van der Waals surface area (Å²) < 4.78 is 4.05. The maximum atomic E-state index is 4.05. The highest BCUT2D eigenvalue weighted by atomic mass is 28.4. The molecule has 0 spiro atoms. The number of nitrogens with one attached hydrogen (secondary N) is 1. The molecule has 0 bridgehead atoms. The van der Waals surface area contributed by atoms with Gasteiger partial charge in [0.1, 0.15) is 17.2 Å². The van der Waals surface area contributed by atoms with Crippen molar-refractivity contribution in [2.45, 2.75) is 31.7 Å². The molecule has 3 heteroatoms. The molecule has 1 atom stereocenters. The second-order valence-corrected chi connectivity index (χ2v) is 14.7. The Hall–Kier alpha value is -1.69. The standard InChI is InChI=1S/C21H29NSi2/c1-6-18-8-12-20(13-9-18)16-23(3)22-24(4,5)17-21-14-10-19(7-2)11-15-21/h6-15,22-23H,1-2,16-17H2,3-5H3. The van der Waals surface area contributed by atoms with Crippen molar-refractivity contribution in [2.24, 2.45) is 0 Å². The number of hydrogen-bond donors (Lipinski definition) is 1. The first kappa shape index (κ1) is 18.6. The molecule has 0 amide bonds. The van der Waals surface area contributed by atoms with E-state index in [1.54, 1.807) is 0 Å². The third kappa shape index (κ3) is 5.75. The quantitative estimate of drug-likeness (QED) is 0.661. The van der Waals surface area contributed by atoms with Gasteiger partial charge in [0.05, 0.1) is 0 Å². The van der Waals surface area contributed by atoms with Crippen molar-refractivity contribution in [2.75, 3.05) is 0 Å².